The van der Waals surface area contributed by atoms with Crippen LogP contribution in [0.25, 0.3) is 0 Å². The Morgan fingerprint density at radius 2 is 2.29 bits per heavy atom. The van der Waals surface area contributed by atoms with Crippen molar-refractivity contribution in [2.75, 3.05) is 6.61 Å². The van der Waals surface area contributed by atoms with Crippen LogP contribution in [0.15, 0.2) is 6.20 Å². The number of hydrogen-bond acceptors (Lipinski definition) is 5. The van der Waals surface area contributed by atoms with Gasteiger partial charge in [0.25, 0.3) is 0 Å². The van der Waals surface area contributed by atoms with E-state index >= 15 is 0 Å². The lowest BCUT2D eigenvalue weighted by molar-refractivity contribution is -0.392. The van der Waals surface area contributed by atoms with Gasteiger partial charge in [0.05, 0.1) is 12.7 Å². The van der Waals surface area contributed by atoms with Gasteiger partial charge in [-0.25, -0.2) is 9.55 Å². The first-order valence-electron chi connectivity index (χ1n) is 5.38. The molecule has 1 atom stereocenters. The van der Waals surface area contributed by atoms with Crippen molar-refractivity contribution in [1.29, 1.82) is 0 Å². The third-order valence-electron chi connectivity index (χ3n) is 2.24. The van der Waals surface area contributed by atoms with Crippen molar-refractivity contribution in [1.82, 2.24) is 9.55 Å². The lowest BCUT2D eigenvalue weighted by Crippen LogP contribution is -2.24. The zero-order valence-electron chi connectivity index (χ0n) is 10.2. The van der Waals surface area contributed by atoms with E-state index in [4.69, 9.17) is 4.74 Å². The molecule has 1 heterocycles. The molecule has 1 unspecified atom stereocenters. The van der Waals surface area contributed by atoms with E-state index in [0.717, 1.165) is 0 Å². The fourth-order valence-corrected chi connectivity index (χ4v) is 1.39. The smallest absolute Gasteiger partial charge is 0.342 e. The molecule has 0 bridgehead atoms. The maximum Gasteiger partial charge on any atom is 0.342 e. The summed E-state index contributed by atoms with van der Waals surface area (Å²) < 4.78 is 6.61. The minimum atomic E-state index is -0.788. The van der Waals surface area contributed by atoms with Crippen molar-refractivity contribution in [2.45, 2.75) is 39.5 Å². The Morgan fingerprint density at radius 1 is 1.65 bits per heavy atom. The topological polar surface area (TPSA) is 90.4 Å². The molecule has 7 heteroatoms. The molecule has 1 aromatic heterocycles. The van der Waals surface area contributed by atoms with Gasteiger partial charge in [0, 0.05) is 6.92 Å². The molecule has 1 N–H and O–H groups in total. The molecular weight excluding hydrogens is 226 g/mol. The van der Waals surface area contributed by atoms with Crippen LogP contribution in [-0.2, 0) is 11.3 Å². The van der Waals surface area contributed by atoms with Crippen molar-refractivity contribution < 1.29 is 14.8 Å². The number of nitro groups is 1. The minimum absolute atomic E-state index is 0.0171. The summed E-state index contributed by atoms with van der Waals surface area (Å²) in [6.45, 7) is 5.62. The highest BCUT2D eigenvalue weighted by molar-refractivity contribution is 5.18. The number of ether oxygens (including phenoxy) is 1. The Kier molecular flexibility index (Phi) is 4.59. The average Bonchev–Trinajstić information content (AvgIpc) is 2.58. The molecule has 0 amide bonds. The lowest BCUT2D eigenvalue weighted by atomic mass is 10.3. The first-order chi connectivity index (χ1) is 7.91. The number of rotatable bonds is 6. The normalized spacial score (nSPS) is 13.0. The van der Waals surface area contributed by atoms with E-state index in [1.807, 2.05) is 13.8 Å². The van der Waals surface area contributed by atoms with Crippen LogP contribution in [-0.4, -0.2) is 38.4 Å². The summed E-state index contributed by atoms with van der Waals surface area (Å²) >= 11 is 0. The number of nitrogens with zero attached hydrogens (tertiary/aromatic N) is 3. The van der Waals surface area contributed by atoms with Gasteiger partial charge in [0.15, 0.2) is 5.82 Å². The zero-order valence-corrected chi connectivity index (χ0v) is 10.2. The largest absolute Gasteiger partial charge is 0.387 e. The van der Waals surface area contributed by atoms with Crippen molar-refractivity contribution in [3.8, 4) is 0 Å². The third kappa shape index (κ3) is 3.79. The quantitative estimate of drug-likeness (QED) is 0.591. The number of aliphatic hydroxyl groups is 1. The van der Waals surface area contributed by atoms with Crippen LogP contribution in [0.2, 0.25) is 0 Å². The Morgan fingerprint density at radius 3 is 2.82 bits per heavy atom. The highest BCUT2D eigenvalue weighted by Gasteiger charge is 2.20. The van der Waals surface area contributed by atoms with Gasteiger partial charge >= 0.3 is 5.82 Å². The van der Waals surface area contributed by atoms with E-state index in [1.165, 1.54) is 10.8 Å². The van der Waals surface area contributed by atoms with Gasteiger partial charge in [-0.2, -0.15) is 0 Å². The predicted octanol–water partition coefficient (Wildman–Crippen LogP) is 0.886. The van der Waals surface area contributed by atoms with E-state index in [-0.39, 0.29) is 25.1 Å². The Balaban J connectivity index is 2.67. The van der Waals surface area contributed by atoms with Crippen LogP contribution in [0.4, 0.5) is 5.82 Å². The van der Waals surface area contributed by atoms with E-state index < -0.39 is 11.0 Å². The molecule has 7 nitrogen and oxygen atoms in total. The number of aliphatic hydroxyl groups excluding tert-OH is 1. The van der Waals surface area contributed by atoms with Crippen LogP contribution in [0.5, 0.6) is 0 Å². The number of aromatic nitrogens is 2. The molecule has 0 saturated heterocycles. The second-order valence-electron chi connectivity index (χ2n) is 4.07. The Hall–Kier alpha value is -1.47. The van der Waals surface area contributed by atoms with Crippen molar-refractivity contribution >= 4 is 5.82 Å². The maximum absolute atomic E-state index is 10.7. The summed E-state index contributed by atoms with van der Waals surface area (Å²) in [5, 5.41) is 20.4. The van der Waals surface area contributed by atoms with Crippen LogP contribution >= 0.6 is 0 Å². The highest BCUT2D eigenvalue weighted by atomic mass is 16.6. The predicted molar refractivity (Wildman–Crippen MR) is 60.7 cm³/mol. The van der Waals surface area contributed by atoms with Crippen molar-refractivity contribution in [2.24, 2.45) is 0 Å². The summed E-state index contributed by atoms with van der Waals surface area (Å²) in [5.41, 5.74) is 0. The van der Waals surface area contributed by atoms with Crippen molar-refractivity contribution in [3.63, 3.8) is 0 Å². The second kappa shape index (κ2) is 5.74. The van der Waals surface area contributed by atoms with Crippen LogP contribution in [0.1, 0.15) is 19.7 Å². The highest BCUT2D eigenvalue weighted by Crippen LogP contribution is 2.14. The summed E-state index contributed by atoms with van der Waals surface area (Å²) in [7, 11) is 0. The van der Waals surface area contributed by atoms with Gasteiger partial charge < -0.3 is 20.0 Å². The van der Waals surface area contributed by atoms with Gasteiger partial charge in [-0.3, -0.25) is 0 Å². The van der Waals surface area contributed by atoms with E-state index in [1.54, 1.807) is 6.92 Å². The molecule has 17 heavy (non-hydrogen) atoms. The molecule has 0 fully saturated rings. The van der Waals surface area contributed by atoms with Gasteiger partial charge in [-0.1, -0.05) is 0 Å². The van der Waals surface area contributed by atoms with Crippen molar-refractivity contribution in [3.05, 3.63) is 22.1 Å². The monoisotopic (exact) mass is 243 g/mol. The summed E-state index contributed by atoms with van der Waals surface area (Å²) in [6, 6.07) is 0. The molecular formula is C10H17N3O4. The standard InChI is InChI=1S/C10H17N3O4/c1-7(2)17-6-9(14)5-12-8(3)11-4-10(12)13(15)16/h4,7,9,14H,5-6H2,1-3H3. The van der Waals surface area contributed by atoms with E-state index in [9.17, 15) is 15.2 Å². The molecule has 0 aromatic carbocycles. The molecule has 0 radical (unpaired) electrons. The van der Waals surface area contributed by atoms with Gasteiger partial charge in [-0.15, -0.1) is 0 Å². The van der Waals surface area contributed by atoms with E-state index in [2.05, 4.69) is 4.98 Å². The van der Waals surface area contributed by atoms with Crippen LogP contribution in [0, 0.1) is 17.0 Å². The van der Waals surface area contributed by atoms with Gasteiger partial charge in [-0.05, 0) is 18.8 Å². The van der Waals surface area contributed by atoms with E-state index in [0.29, 0.717) is 5.82 Å². The molecule has 0 aliphatic carbocycles. The maximum atomic E-state index is 10.7. The van der Waals surface area contributed by atoms with Crippen LogP contribution < -0.4 is 0 Å². The molecule has 0 aliphatic rings. The first kappa shape index (κ1) is 13.6. The zero-order chi connectivity index (χ0) is 13.0. The average molecular weight is 243 g/mol. The minimum Gasteiger partial charge on any atom is -0.387 e. The van der Waals surface area contributed by atoms with Gasteiger partial charge in [0.1, 0.15) is 18.8 Å². The third-order valence-corrected chi connectivity index (χ3v) is 2.24. The Labute approximate surface area is 99.2 Å². The molecule has 0 spiro atoms. The number of aryl methyl sites for hydroxylation is 1. The summed E-state index contributed by atoms with van der Waals surface area (Å²) in [6.07, 6.45) is 0.415. The first-order valence-corrected chi connectivity index (χ1v) is 5.38. The number of hydrogen-bond donors (Lipinski definition) is 1. The molecule has 0 saturated carbocycles. The summed E-state index contributed by atoms with van der Waals surface area (Å²) in [5.74, 6) is 0.381. The molecule has 0 aliphatic heterocycles. The molecule has 96 valence electrons. The molecule has 1 aromatic rings. The Bertz CT molecular complexity index is 389. The fourth-order valence-electron chi connectivity index (χ4n) is 1.39. The summed E-state index contributed by atoms with van der Waals surface area (Å²) in [4.78, 5) is 14.1. The SMILES string of the molecule is Cc1ncc([N+](=O)[O-])n1CC(O)COC(C)C. The fraction of sp³-hybridized carbons (Fsp3) is 0.700. The lowest BCUT2D eigenvalue weighted by Gasteiger charge is -2.12. The number of imidazole rings is 1. The second-order valence-corrected chi connectivity index (χ2v) is 4.07. The van der Waals surface area contributed by atoms with Crippen LogP contribution in [0.3, 0.4) is 0 Å². The molecule has 1 rings (SSSR count). The van der Waals surface area contributed by atoms with Gasteiger partial charge in [0.2, 0.25) is 0 Å².